The average molecular weight is 823 g/mol. The van der Waals surface area contributed by atoms with E-state index in [1.165, 1.54) is 24.0 Å². The van der Waals surface area contributed by atoms with Crippen LogP contribution in [0.15, 0.2) is 45.2 Å². The molecule has 0 atom stereocenters. The fourth-order valence-corrected chi connectivity index (χ4v) is 7.66. The van der Waals surface area contributed by atoms with Crippen molar-refractivity contribution in [2.75, 3.05) is 50.2 Å². The topological polar surface area (TPSA) is 185 Å². The van der Waals surface area contributed by atoms with Crippen molar-refractivity contribution in [3.05, 3.63) is 69.8 Å². The van der Waals surface area contributed by atoms with Gasteiger partial charge in [-0.3, -0.25) is 0 Å². The summed E-state index contributed by atoms with van der Waals surface area (Å²) < 4.78 is 48.2. The van der Waals surface area contributed by atoms with Gasteiger partial charge in [0.2, 0.25) is 0 Å². The first kappa shape index (κ1) is 40.3. The number of alkyl halides is 1. The fraction of sp³-hybridized carbons (Fsp3) is 0.500. The standard InChI is InChI=1S/C22H25FN4O3.C22H26N4O4/c1-12-8-17(20-26-27-21(30-20)24-11-18-28-6-7-29-18)25-19-15(12)9-14(13-4-5-13)10-16(19)22(2,3)23;1-12-8-17(20-25-26-21(30-20)23-11-18-28-6-7-29-18)24-19-15(12)9-14(13-4-5-13)10-16(19)22(2,3)27/h8-10,13,18H,4-7,11H2,1-3H3,(H,24,27);8-10,13,18,27H,4-7,11H2,1-3H3,(H,23,26). The van der Waals surface area contributed by atoms with Crippen molar-refractivity contribution in [1.29, 1.82) is 0 Å². The van der Waals surface area contributed by atoms with E-state index in [9.17, 15) is 5.11 Å². The number of hydrogen-bond donors (Lipinski definition) is 3. The highest BCUT2D eigenvalue weighted by molar-refractivity contribution is 5.89. The van der Waals surface area contributed by atoms with Gasteiger partial charge in [0, 0.05) is 21.9 Å². The Bertz CT molecular complexity index is 2340. The van der Waals surface area contributed by atoms with E-state index in [2.05, 4.69) is 49.2 Å². The Hall–Kier alpha value is -5.13. The maximum absolute atomic E-state index is 15.1. The molecule has 60 heavy (non-hydrogen) atoms. The number of pyridine rings is 2. The van der Waals surface area contributed by atoms with Gasteiger partial charge >= 0.3 is 12.0 Å². The van der Waals surface area contributed by atoms with Crippen LogP contribution in [0.5, 0.6) is 0 Å². The Morgan fingerprint density at radius 1 is 0.617 bits per heavy atom. The quantitative estimate of drug-likeness (QED) is 0.108. The normalized spacial score (nSPS) is 17.7. The summed E-state index contributed by atoms with van der Waals surface area (Å²) in [7, 11) is 0. The minimum Gasteiger partial charge on any atom is -0.402 e. The van der Waals surface area contributed by atoms with Crippen LogP contribution in [-0.4, -0.2) is 87.6 Å². The van der Waals surface area contributed by atoms with Crippen molar-refractivity contribution in [3.8, 4) is 23.2 Å². The Morgan fingerprint density at radius 2 is 1.03 bits per heavy atom. The summed E-state index contributed by atoms with van der Waals surface area (Å²) in [5.41, 5.74) is 5.95. The summed E-state index contributed by atoms with van der Waals surface area (Å²) in [6.07, 6.45) is 4.10. The number of aromatic nitrogens is 6. The lowest BCUT2D eigenvalue weighted by Crippen LogP contribution is -2.20. The van der Waals surface area contributed by atoms with Crippen LogP contribution in [-0.2, 0) is 30.2 Å². The van der Waals surface area contributed by atoms with E-state index < -0.39 is 11.3 Å². The zero-order valence-corrected chi connectivity index (χ0v) is 34.8. The number of fused-ring (bicyclic) bond motifs is 2. The van der Waals surface area contributed by atoms with Crippen molar-refractivity contribution >= 4 is 33.8 Å². The highest BCUT2D eigenvalue weighted by atomic mass is 19.1. The van der Waals surface area contributed by atoms with Gasteiger partial charge in [-0.05, 0) is 126 Å². The van der Waals surface area contributed by atoms with Gasteiger partial charge in [0.1, 0.15) is 17.1 Å². The molecular weight excluding hydrogens is 772 g/mol. The van der Waals surface area contributed by atoms with Gasteiger partial charge in [-0.2, -0.15) is 0 Å². The zero-order chi connectivity index (χ0) is 41.8. The largest absolute Gasteiger partial charge is 0.402 e. The molecule has 10 rings (SSSR count). The zero-order valence-electron chi connectivity index (χ0n) is 34.8. The highest BCUT2D eigenvalue weighted by Crippen LogP contribution is 2.45. The monoisotopic (exact) mass is 822 g/mol. The first-order valence-electron chi connectivity index (χ1n) is 20.7. The number of aryl methyl sites for hydroxylation is 2. The molecular formula is C44H51FN8O7. The molecule has 2 saturated carbocycles. The van der Waals surface area contributed by atoms with E-state index in [0.29, 0.717) is 79.7 Å². The van der Waals surface area contributed by atoms with Gasteiger partial charge in [-0.15, -0.1) is 10.2 Å². The van der Waals surface area contributed by atoms with Crippen LogP contribution < -0.4 is 10.6 Å². The average Bonchev–Trinajstić information content (AvgIpc) is 3.93. The number of ether oxygens (including phenoxy) is 4. The van der Waals surface area contributed by atoms with Crippen LogP contribution in [0.3, 0.4) is 0 Å². The molecule has 6 heterocycles. The molecule has 0 unspecified atom stereocenters. The molecule has 2 aromatic carbocycles. The molecule has 0 radical (unpaired) electrons. The maximum Gasteiger partial charge on any atom is 0.315 e. The summed E-state index contributed by atoms with van der Waals surface area (Å²) in [5.74, 6) is 1.73. The first-order valence-corrected chi connectivity index (χ1v) is 20.7. The molecule has 0 spiro atoms. The molecule has 0 bridgehead atoms. The fourth-order valence-electron chi connectivity index (χ4n) is 7.66. The highest BCUT2D eigenvalue weighted by Gasteiger charge is 2.31. The van der Waals surface area contributed by atoms with Crippen molar-refractivity contribution in [3.63, 3.8) is 0 Å². The molecule has 2 aliphatic heterocycles. The summed E-state index contributed by atoms with van der Waals surface area (Å²) in [6.45, 7) is 14.0. The number of nitrogens with one attached hydrogen (secondary N) is 2. The third-order valence-corrected chi connectivity index (χ3v) is 11.2. The number of anilines is 2. The van der Waals surface area contributed by atoms with E-state index in [4.69, 9.17) is 37.7 Å². The van der Waals surface area contributed by atoms with Gasteiger partial charge in [0.15, 0.2) is 12.6 Å². The lowest BCUT2D eigenvalue weighted by molar-refractivity contribution is -0.0304. The number of nitrogens with zero attached hydrogens (tertiary/aromatic N) is 6. The SMILES string of the molecule is Cc1cc(-c2nnc(NCC3OCCO3)o2)nc2c(C(C)(C)F)cc(C3CC3)cc12.Cc1cc(-c2nnc(NCC3OCCO3)o2)nc2c(C(C)(C)O)cc(C3CC3)cc12. The van der Waals surface area contributed by atoms with Crippen LogP contribution in [0.2, 0.25) is 0 Å². The molecule has 316 valence electrons. The number of rotatable bonds is 12. The second-order valence-corrected chi connectivity index (χ2v) is 17.1. The Balaban J connectivity index is 0.000000154. The number of halogens is 1. The molecule has 4 fully saturated rings. The van der Waals surface area contributed by atoms with Crippen LogP contribution >= 0.6 is 0 Å². The molecule has 15 nitrogen and oxygen atoms in total. The van der Waals surface area contributed by atoms with E-state index in [1.54, 1.807) is 27.7 Å². The number of aliphatic hydroxyl groups is 1. The molecule has 4 aliphatic rings. The molecule has 16 heteroatoms. The number of hydrogen-bond acceptors (Lipinski definition) is 15. The van der Waals surface area contributed by atoms with Gasteiger partial charge < -0.3 is 43.5 Å². The summed E-state index contributed by atoms with van der Waals surface area (Å²) in [4.78, 5) is 9.54. The van der Waals surface area contributed by atoms with Gasteiger partial charge in [0.05, 0.1) is 56.2 Å². The predicted molar refractivity (Wildman–Crippen MR) is 221 cm³/mol. The van der Waals surface area contributed by atoms with Crippen molar-refractivity contribution in [1.82, 2.24) is 30.4 Å². The lowest BCUT2D eigenvalue weighted by Gasteiger charge is -2.22. The molecule has 3 N–H and O–H groups in total. The predicted octanol–water partition coefficient (Wildman–Crippen LogP) is 7.94. The lowest BCUT2D eigenvalue weighted by atomic mass is 9.90. The van der Waals surface area contributed by atoms with E-state index in [1.807, 2.05) is 32.0 Å². The Labute approximate surface area is 346 Å². The van der Waals surface area contributed by atoms with E-state index in [0.717, 1.165) is 45.8 Å². The van der Waals surface area contributed by atoms with Gasteiger partial charge in [-0.1, -0.05) is 22.3 Å². The van der Waals surface area contributed by atoms with Crippen LogP contribution in [0, 0.1) is 13.8 Å². The maximum atomic E-state index is 15.1. The molecule has 2 saturated heterocycles. The van der Waals surface area contributed by atoms with Crippen molar-refractivity contribution in [2.45, 2.75) is 103 Å². The third-order valence-electron chi connectivity index (χ3n) is 11.2. The van der Waals surface area contributed by atoms with Crippen molar-refractivity contribution < 1.29 is 37.3 Å². The minimum atomic E-state index is -1.51. The Morgan fingerprint density at radius 3 is 1.43 bits per heavy atom. The third kappa shape index (κ3) is 8.84. The number of benzene rings is 2. The second-order valence-electron chi connectivity index (χ2n) is 17.1. The van der Waals surface area contributed by atoms with Gasteiger partial charge in [-0.25, -0.2) is 14.4 Å². The second kappa shape index (κ2) is 16.0. The molecule has 4 aromatic heterocycles. The van der Waals surface area contributed by atoms with Crippen LogP contribution in [0.4, 0.5) is 16.4 Å². The van der Waals surface area contributed by atoms with Crippen LogP contribution in [0.25, 0.3) is 45.0 Å². The van der Waals surface area contributed by atoms with Crippen LogP contribution in [0.1, 0.15) is 98.6 Å². The summed E-state index contributed by atoms with van der Waals surface area (Å²) >= 11 is 0. The first-order chi connectivity index (χ1) is 28.8. The summed E-state index contributed by atoms with van der Waals surface area (Å²) in [5, 5.41) is 35.2. The van der Waals surface area contributed by atoms with Crippen molar-refractivity contribution in [2.24, 2.45) is 0 Å². The van der Waals surface area contributed by atoms with E-state index in [-0.39, 0.29) is 30.5 Å². The Kier molecular flexibility index (Phi) is 10.8. The smallest absolute Gasteiger partial charge is 0.315 e. The molecule has 2 aliphatic carbocycles. The molecule has 0 amide bonds. The minimum absolute atomic E-state index is 0.263. The molecule has 6 aromatic rings. The summed E-state index contributed by atoms with van der Waals surface area (Å²) in [6, 6.07) is 12.8. The van der Waals surface area contributed by atoms with E-state index >= 15 is 4.39 Å². The van der Waals surface area contributed by atoms with Gasteiger partial charge in [0.25, 0.3) is 11.8 Å².